The minimum absolute atomic E-state index is 0.157. The molecule has 1 N–H and O–H groups in total. The van der Waals surface area contributed by atoms with E-state index in [0.29, 0.717) is 0 Å². The molecule has 4 heteroatoms. The zero-order valence-corrected chi connectivity index (χ0v) is 14.1. The van der Waals surface area contributed by atoms with Gasteiger partial charge in [0, 0.05) is 10.0 Å². The van der Waals surface area contributed by atoms with E-state index in [9.17, 15) is 0 Å². The van der Waals surface area contributed by atoms with Gasteiger partial charge in [-0.2, -0.15) is 0 Å². The fraction of sp³-hybridized carbons (Fsp3) is 0.294. The minimum Gasteiger partial charge on any atom is -0.496 e. The molecular weight excluding hydrogens is 330 g/mol. The molecule has 2 aromatic carbocycles. The lowest BCUT2D eigenvalue weighted by molar-refractivity contribution is 0.405. The number of rotatable bonds is 6. The molecule has 0 radical (unpaired) electrons. The quantitative estimate of drug-likeness (QED) is 0.793. The molecule has 0 spiro atoms. The van der Waals surface area contributed by atoms with Crippen LogP contribution in [-0.2, 0) is 0 Å². The zero-order valence-electron chi connectivity index (χ0n) is 12.5. The molecule has 0 aliphatic carbocycles. The molecule has 0 fully saturated rings. The number of para-hydroxylation sites is 1. The van der Waals surface area contributed by atoms with Gasteiger partial charge >= 0.3 is 0 Å². The van der Waals surface area contributed by atoms with E-state index in [1.807, 2.05) is 36.4 Å². The Morgan fingerprint density at radius 1 is 1.05 bits per heavy atom. The van der Waals surface area contributed by atoms with E-state index in [4.69, 9.17) is 9.47 Å². The van der Waals surface area contributed by atoms with Crippen molar-refractivity contribution in [3.05, 3.63) is 52.5 Å². The number of ether oxygens (including phenoxy) is 2. The van der Waals surface area contributed by atoms with Gasteiger partial charge in [0.1, 0.15) is 11.5 Å². The Morgan fingerprint density at radius 2 is 1.76 bits per heavy atom. The van der Waals surface area contributed by atoms with Gasteiger partial charge in [0.15, 0.2) is 0 Å². The van der Waals surface area contributed by atoms with Crippen LogP contribution in [0.2, 0.25) is 0 Å². The Hall–Kier alpha value is -1.68. The first-order valence-corrected chi connectivity index (χ1v) is 7.71. The van der Waals surface area contributed by atoms with Crippen molar-refractivity contribution in [3.8, 4) is 11.5 Å². The second-order valence-electron chi connectivity index (χ2n) is 4.69. The van der Waals surface area contributed by atoms with E-state index >= 15 is 0 Å². The highest BCUT2D eigenvalue weighted by Crippen LogP contribution is 2.34. The van der Waals surface area contributed by atoms with Crippen LogP contribution in [-0.4, -0.2) is 14.2 Å². The van der Waals surface area contributed by atoms with Crippen LogP contribution in [0, 0.1) is 0 Å². The predicted molar refractivity (Wildman–Crippen MR) is 90.3 cm³/mol. The highest BCUT2D eigenvalue weighted by Gasteiger charge is 2.15. The number of hydrogen-bond donors (Lipinski definition) is 1. The third-order valence-corrected chi connectivity index (χ3v) is 3.91. The molecule has 0 aliphatic heterocycles. The minimum atomic E-state index is 0.157. The van der Waals surface area contributed by atoms with Crippen molar-refractivity contribution in [1.29, 1.82) is 0 Å². The topological polar surface area (TPSA) is 30.5 Å². The Balaban J connectivity index is 2.33. The Labute approximate surface area is 134 Å². The van der Waals surface area contributed by atoms with E-state index < -0.39 is 0 Å². The maximum absolute atomic E-state index is 5.47. The summed E-state index contributed by atoms with van der Waals surface area (Å²) < 4.78 is 11.9. The van der Waals surface area contributed by atoms with Gasteiger partial charge < -0.3 is 14.8 Å². The highest BCUT2D eigenvalue weighted by atomic mass is 79.9. The second kappa shape index (κ2) is 7.36. The molecule has 112 valence electrons. The second-order valence-corrected chi connectivity index (χ2v) is 5.61. The SMILES string of the molecule is CCC(Nc1cc(Br)ccc1OC)c1ccccc1OC. The number of nitrogens with one attached hydrogen (secondary N) is 1. The first-order valence-electron chi connectivity index (χ1n) is 6.92. The van der Waals surface area contributed by atoms with Crippen LogP contribution in [0.5, 0.6) is 11.5 Å². The molecule has 0 bridgehead atoms. The van der Waals surface area contributed by atoms with Gasteiger partial charge in [0.2, 0.25) is 0 Å². The van der Waals surface area contributed by atoms with Crippen molar-refractivity contribution in [3.63, 3.8) is 0 Å². The molecule has 0 aliphatic rings. The molecule has 0 aromatic heterocycles. The Morgan fingerprint density at radius 3 is 2.43 bits per heavy atom. The summed E-state index contributed by atoms with van der Waals surface area (Å²) in [4.78, 5) is 0. The molecule has 1 unspecified atom stereocenters. The largest absolute Gasteiger partial charge is 0.496 e. The van der Waals surface area contributed by atoms with Crippen LogP contribution >= 0.6 is 15.9 Å². The van der Waals surface area contributed by atoms with Gasteiger partial charge in [-0.15, -0.1) is 0 Å². The monoisotopic (exact) mass is 349 g/mol. The number of hydrogen-bond acceptors (Lipinski definition) is 3. The molecule has 1 atom stereocenters. The molecule has 0 amide bonds. The lowest BCUT2D eigenvalue weighted by Gasteiger charge is -2.22. The van der Waals surface area contributed by atoms with Crippen molar-refractivity contribution in [2.24, 2.45) is 0 Å². The first kappa shape index (κ1) is 15.7. The fourth-order valence-corrected chi connectivity index (χ4v) is 2.70. The smallest absolute Gasteiger partial charge is 0.142 e. The molecule has 2 rings (SSSR count). The third kappa shape index (κ3) is 3.70. The van der Waals surface area contributed by atoms with E-state index in [1.54, 1.807) is 14.2 Å². The standard InChI is InChI=1S/C17H20BrNO2/c1-4-14(13-7-5-6-8-16(13)20-2)19-15-11-12(18)9-10-17(15)21-3/h5-11,14,19H,4H2,1-3H3. The molecule has 21 heavy (non-hydrogen) atoms. The van der Waals surface area contributed by atoms with Crippen LogP contribution in [0.1, 0.15) is 24.9 Å². The van der Waals surface area contributed by atoms with E-state index in [1.165, 1.54) is 0 Å². The average Bonchev–Trinajstić information content (AvgIpc) is 2.52. The normalized spacial score (nSPS) is 11.8. The summed E-state index contributed by atoms with van der Waals surface area (Å²) in [6.07, 6.45) is 0.941. The number of methoxy groups -OCH3 is 2. The van der Waals surface area contributed by atoms with Gasteiger partial charge in [0.25, 0.3) is 0 Å². The molecular formula is C17H20BrNO2. The number of anilines is 1. The van der Waals surface area contributed by atoms with Crippen molar-refractivity contribution in [2.75, 3.05) is 19.5 Å². The molecule has 0 saturated heterocycles. The van der Waals surface area contributed by atoms with Crippen molar-refractivity contribution < 1.29 is 9.47 Å². The van der Waals surface area contributed by atoms with Gasteiger partial charge in [-0.25, -0.2) is 0 Å². The number of benzene rings is 2. The molecule has 3 nitrogen and oxygen atoms in total. The van der Waals surface area contributed by atoms with Crippen molar-refractivity contribution >= 4 is 21.6 Å². The lowest BCUT2D eigenvalue weighted by atomic mass is 10.0. The van der Waals surface area contributed by atoms with Crippen LogP contribution in [0.15, 0.2) is 46.9 Å². The van der Waals surface area contributed by atoms with E-state index in [-0.39, 0.29) is 6.04 Å². The average molecular weight is 350 g/mol. The van der Waals surface area contributed by atoms with Gasteiger partial charge in [-0.05, 0) is 30.7 Å². The summed E-state index contributed by atoms with van der Waals surface area (Å²) in [5, 5.41) is 3.55. The molecule has 0 saturated carbocycles. The van der Waals surface area contributed by atoms with Crippen molar-refractivity contribution in [1.82, 2.24) is 0 Å². The van der Waals surface area contributed by atoms with Crippen LogP contribution < -0.4 is 14.8 Å². The van der Waals surface area contributed by atoms with Gasteiger partial charge in [-0.1, -0.05) is 41.1 Å². The maximum Gasteiger partial charge on any atom is 0.142 e. The van der Waals surface area contributed by atoms with E-state index in [2.05, 4.69) is 34.2 Å². The summed E-state index contributed by atoms with van der Waals surface area (Å²) in [7, 11) is 3.38. The maximum atomic E-state index is 5.47. The Kier molecular flexibility index (Phi) is 5.51. The zero-order chi connectivity index (χ0) is 15.2. The van der Waals surface area contributed by atoms with Crippen molar-refractivity contribution in [2.45, 2.75) is 19.4 Å². The summed E-state index contributed by atoms with van der Waals surface area (Å²) in [6, 6.07) is 14.2. The third-order valence-electron chi connectivity index (χ3n) is 3.41. The van der Waals surface area contributed by atoms with Gasteiger partial charge in [0.05, 0.1) is 25.9 Å². The van der Waals surface area contributed by atoms with Crippen LogP contribution in [0.25, 0.3) is 0 Å². The summed E-state index contributed by atoms with van der Waals surface area (Å²) >= 11 is 3.50. The number of halogens is 1. The molecule has 0 heterocycles. The Bertz CT molecular complexity index is 601. The van der Waals surface area contributed by atoms with E-state index in [0.717, 1.165) is 33.6 Å². The predicted octanol–water partition coefficient (Wildman–Crippen LogP) is 5.03. The first-order chi connectivity index (χ1) is 10.2. The van der Waals surface area contributed by atoms with Gasteiger partial charge in [-0.3, -0.25) is 0 Å². The molecule has 2 aromatic rings. The lowest BCUT2D eigenvalue weighted by Crippen LogP contribution is -2.11. The van der Waals surface area contributed by atoms with Crippen LogP contribution in [0.4, 0.5) is 5.69 Å². The summed E-state index contributed by atoms with van der Waals surface area (Å²) in [5.74, 6) is 1.72. The summed E-state index contributed by atoms with van der Waals surface area (Å²) in [6.45, 7) is 2.15. The summed E-state index contributed by atoms with van der Waals surface area (Å²) in [5.41, 5.74) is 2.11. The highest BCUT2D eigenvalue weighted by molar-refractivity contribution is 9.10. The fourth-order valence-electron chi connectivity index (χ4n) is 2.33. The van der Waals surface area contributed by atoms with Crippen LogP contribution in [0.3, 0.4) is 0 Å².